The number of benzene rings is 1. The fourth-order valence-corrected chi connectivity index (χ4v) is 1.70. The van der Waals surface area contributed by atoms with Crippen molar-refractivity contribution in [2.75, 3.05) is 13.3 Å². The van der Waals surface area contributed by atoms with Crippen LogP contribution in [0.15, 0.2) is 18.2 Å². The summed E-state index contributed by atoms with van der Waals surface area (Å²) in [6.07, 6.45) is -0.184. The van der Waals surface area contributed by atoms with Crippen molar-refractivity contribution in [1.29, 1.82) is 5.41 Å². The van der Waals surface area contributed by atoms with E-state index < -0.39 is 24.8 Å². The number of rotatable bonds is 2. The number of nitrogens with one attached hydrogen (secondary N) is 1. The molecule has 86 valence electrons. The summed E-state index contributed by atoms with van der Waals surface area (Å²) in [5.41, 5.74) is -1.47. The SMILES string of the molecule is N=C1CC(CF)(CF)Oc2c(F)cccc21. The minimum absolute atomic E-state index is 0.00366. The molecule has 0 radical (unpaired) electrons. The molecule has 1 aromatic rings. The van der Waals surface area contributed by atoms with Gasteiger partial charge in [-0.3, -0.25) is 0 Å². The van der Waals surface area contributed by atoms with Gasteiger partial charge in [0.1, 0.15) is 13.3 Å². The summed E-state index contributed by atoms with van der Waals surface area (Å²) < 4.78 is 43.9. The Kier molecular flexibility index (Phi) is 2.61. The predicted molar refractivity (Wildman–Crippen MR) is 53.2 cm³/mol. The van der Waals surface area contributed by atoms with Crippen LogP contribution in [0.25, 0.3) is 0 Å². The molecule has 1 aliphatic heterocycles. The van der Waals surface area contributed by atoms with E-state index in [9.17, 15) is 13.2 Å². The monoisotopic (exact) mass is 229 g/mol. The normalized spacial score (nSPS) is 17.8. The molecule has 0 spiro atoms. The first-order chi connectivity index (χ1) is 7.62. The van der Waals surface area contributed by atoms with E-state index in [-0.39, 0.29) is 23.4 Å². The fraction of sp³-hybridized carbons (Fsp3) is 0.364. The highest BCUT2D eigenvalue weighted by atomic mass is 19.1. The molecule has 0 bridgehead atoms. The number of halogens is 3. The van der Waals surface area contributed by atoms with Crippen molar-refractivity contribution in [2.24, 2.45) is 0 Å². The summed E-state index contributed by atoms with van der Waals surface area (Å²) in [6, 6.07) is 4.07. The molecule has 0 amide bonds. The van der Waals surface area contributed by atoms with Crippen LogP contribution < -0.4 is 4.74 Å². The molecular weight excluding hydrogens is 219 g/mol. The first-order valence-corrected chi connectivity index (χ1v) is 4.79. The summed E-state index contributed by atoms with van der Waals surface area (Å²) in [5.74, 6) is -0.928. The molecule has 2 nitrogen and oxygen atoms in total. The number of alkyl halides is 2. The summed E-state index contributed by atoms with van der Waals surface area (Å²) in [7, 11) is 0. The predicted octanol–water partition coefficient (Wildman–Crippen LogP) is 2.65. The average Bonchev–Trinajstić information content (AvgIpc) is 2.30. The molecule has 0 atom stereocenters. The van der Waals surface area contributed by atoms with Crippen LogP contribution in [0.4, 0.5) is 13.2 Å². The van der Waals surface area contributed by atoms with Crippen molar-refractivity contribution >= 4 is 5.71 Å². The Morgan fingerprint density at radius 2 is 2.00 bits per heavy atom. The smallest absolute Gasteiger partial charge is 0.171 e. The van der Waals surface area contributed by atoms with Gasteiger partial charge in [0.15, 0.2) is 17.2 Å². The van der Waals surface area contributed by atoms with Crippen LogP contribution in [0.3, 0.4) is 0 Å². The van der Waals surface area contributed by atoms with Gasteiger partial charge in [-0.15, -0.1) is 0 Å². The van der Waals surface area contributed by atoms with E-state index in [1.54, 1.807) is 0 Å². The Morgan fingerprint density at radius 3 is 2.62 bits per heavy atom. The van der Waals surface area contributed by atoms with Crippen LogP contribution in [0.5, 0.6) is 5.75 Å². The lowest BCUT2D eigenvalue weighted by Crippen LogP contribution is -2.46. The van der Waals surface area contributed by atoms with Gasteiger partial charge in [-0.05, 0) is 12.1 Å². The van der Waals surface area contributed by atoms with E-state index in [2.05, 4.69) is 0 Å². The number of para-hydroxylation sites is 1. The second-order valence-corrected chi connectivity index (χ2v) is 3.82. The van der Waals surface area contributed by atoms with Crippen molar-refractivity contribution in [3.8, 4) is 5.75 Å². The van der Waals surface area contributed by atoms with Gasteiger partial charge in [-0.25, -0.2) is 13.2 Å². The van der Waals surface area contributed by atoms with Gasteiger partial charge < -0.3 is 10.1 Å². The molecule has 0 aliphatic carbocycles. The highest BCUT2D eigenvalue weighted by Gasteiger charge is 2.40. The molecule has 16 heavy (non-hydrogen) atoms. The van der Waals surface area contributed by atoms with E-state index in [0.717, 1.165) is 6.07 Å². The van der Waals surface area contributed by atoms with E-state index in [4.69, 9.17) is 10.1 Å². The second-order valence-electron chi connectivity index (χ2n) is 3.82. The zero-order valence-corrected chi connectivity index (χ0v) is 8.40. The third-order valence-electron chi connectivity index (χ3n) is 2.60. The van der Waals surface area contributed by atoms with Crippen molar-refractivity contribution in [1.82, 2.24) is 0 Å². The lowest BCUT2D eigenvalue weighted by molar-refractivity contribution is 0.0164. The topological polar surface area (TPSA) is 33.1 Å². The van der Waals surface area contributed by atoms with Gasteiger partial charge in [0.25, 0.3) is 0 Å². The Hall–Kier alpha value is -1.52. The average molecular weight is 229 g/mol. The maximum atomic E-state index is 13.4. The van der Waals surface area contributed by atoms with Gasteiger partial charge in [0, 0.05) is 17.7 Å². The maximum absolute atomic E-state index is 13.4. The minimum Gasteiger partial charge on any atom is -0.478 e. The third-order valence-corrected chi connectivity index (χ3v) is 2.60. The molecule has 0 unspecified atom stereocenters. The van der Waals surface area contributed by atoms with Gasteiger partial charge in [-0.1, -0.05) is 6.07 Å². The van der Waals surface area contributed by atoms with Gasteiger partial charge in [0.2, 0.25) is 0 Å². The highest BCUT2D eigenvalue weighted by molar-refractivity contribution is 6.02. The summed E-state index contributed by atoms with van der Waals surface area (Å²) >= 11 is 0. The summed E-state index contributed by atoms with van der Waals surface area (Å²) in [6.45, 7) is -2.17. The van der Waals surface area contributed by atoms with Crippen molar-refractivity contribution in [3.05, 3.63) is 29.6 Å². The van der Waals surface area contributed by atoms with Crippen molar-refractivity contribution in [2.45, 2.75) is 12.0 Å². The van der Waals surface area contributed by atoms with Crippen LogP contribution >= 0.6 is 0 Å². The van der Waals surface area contributed by atoms with Crippen LogP contribution in [-0.4, -0.2) is 24.7 Å². The third kappa shape index (κ3) is 1.56. The molecule has 1 aliphatic rings. The first kappa shape index (κ1) is 11.0. The Labute approximate surface area is 90.5 Å². The lowest BCUT2D eigenvalue weighted by Gasteiger charge is -2.34. The Morgan fingerprint density at radius 1 is 1.31 bits per heavy atom. The number of ether oxygens (including phenoxy) is 1. The molecule has 2 rings (SSSR count). The molecule has 0 saturated heterocycles. The van der Waals surface area contributed by atoms with Crippen LogP contribution in [0.1, 0.15) is 12.0 Å². The number of hydrogen-bond donors (Lipinski definition) is 1. The Bertz CT molecular complexity index is 429. The van der Waals surface area contributed by atoms with E-state index >= 15 is 0 Å². The summed E-state index contributed by atoms with van der Waals surface area (Å²) in [4.78, 5) is 0. The zero-order chi connectivity index (χ0) is 11.8. The van der Waals surface area contributed by atoms with Crippen LogP contribution in [-0.2, 0) is 0 Å². The van der Waals surface area contributed by atoms with Crippen LogP contribution in [0, 0.1) is 11.2 Å². The number of fused-ring (bicyclic) bond motifs is 1. The molecule has 5 heteroatoms. The molecular formula is C11H10F3NO. The lowest BCUT2D eigenvalue weighted by atomic mass is 9.91. The molecule has 0 fully saturated rings. The quantitative estimate of drug-likeness (QED) is 0.830. The zero-order valence-electron chi connectivity index (χ0n) is 8.40. The van der Waals surface area contributed by atoms with E-state index in [0.29, 0.717) is 0 Å². The van der Waals surface area contributed by atoms with E-state index in [1.807, 2.05) is 0 Å². The molecule has 0 aromatic heterocycles. The molecule has 1 heterocycles. The first-order valence-electron chi connectivity index (χ1n) is 4.79. The fourth-order valence-electron chi connectivity index (χ4n) is 1.70. The van der Waals surface area contributed by atoms with Gasteiger partial charge in [-0.2, -0.15) is 0 Å². The largest absolute Gasteiger partial charge is 0.478 e. The highest BCUT2D eigenvalue weighted by Crippen LogP contribution is 2.35. The second kappa shape index (κ2) is 3.81. The minimum atomic E-state index is -1.73. The van der Waals surface area contributed by atoms with Crippen molar-refractivity contribution < 1.29 is 17.9 Å². The number of hydrogen-bond acceptors (Lipinski definition) is 2. The molecule has 1 aromatic carbocycles. The van der Waals surface area contributed by atoms with E-state index in [1.165, 1.54) is 12.1 Å². The maximum Gasteiger partial charge on any atom is 0.171 e. The standard InChI is InChI=1S/C11H10F3NO/c12-5-11(6-13)4-9(15)7-2-1-3-8(14)10(7)16-11/h1-3,15H,4-6H2. The Balaban J connectivity index is 2.49. The van der Waals surface area contributed by atoms with Crippen LogP contribution in [0.2, 0.25) is 0 Å². The molecule has 0 saturated carbocycles. The molecule has 1 N–H and O–H groups in total. The summed E-state index contributed by atoms with van der Waals surface area (Å²) in [5, 5.41) is 7.65. The van der Waals surface area contributed by atoms with Crippen molar-refractivity contribution in [3.63, 3.8) is 0 Å². The van der Waals surface area contributed by atoms with Gasteiger partial charge >= 0.3 is 0 Å². The van der Waals surface area contributed by atoms with Gasteiger partial charge in [0.05, 0.1) is 0 Å².